The van der Waals surface area contributed by atoms with Gasteiger partial charge in [-0.1, -0.05) is 20.8 Å². The van der Waals surface area contributed by atoms with Crippen molar-refractivity contribution in [2.75, 3.05) is 31.2 Å². The van der Waals surface area contributed by atoms with Crippen LogP contribution in [0.5, 0.6) is 0 Å². The first kappa shape index (κ1) is 10.9. The summed E-state index contributed by atoms with van der Waals surface area (Å²) in [6, 6.07) is 0. The first-order chi connectivity index (χ1) is 7.07. The van der Waals surface area contributed by atoms with Gasteiger partial charge >= 0.3 is 0 Å². The molecule has 15 heavy (non-hydrogen) atoms. The fraction of sp³-hybridized carbons (Fsp3) is 0.727. The van der Waals surface area contributed by atoms with Crippen LogP contribution in [0.4, 0.5) is 5.00 Å². The Morgan fingerprint density at radius 1 is 1.33 bits per heavy atom. The number of aromatic nitrogens is 1. The molecule has 0 bridgehead atoms. The van der Waals surface area contributed by atoms with Crippen molar-refractivity contribution in [2.24, 2.45) is 0 Å². The van der Waals surface area contributed by atoms with E-state index in [1.165, 1.54) is 10.0 Å². The van der Waals surface area contributed by atoms with E-state index in [2.05, 4.69) is 30.7 Å². The molecule has 2 heterocycles. The predicted octanol–water partition coefficient (Wildman–Crippen LogP) is 2.28. The smallest absolute Gasteiger partial charge is 0.111 e. The number of ether oxygens (including phenoxy) is 1. The van der Waals surface area contributed by atoms with Gasteiger partial charge in [0.1, 0.15) is 5.00 Å². The Labute approximate surface area is 95.1 Å². The topological polar surface area (TPSA) is 25.4 Å². The Balaban J connectivity index is 2.12. The predicted molar refractivity (Wildman–Crippen MR) is 63.8 cm³/mol. The van der Waals surface area contributed by atoms with Crippen molar-refractivity contribution in [3.05, 3.63) is 11.2 Å². The molecule has 0 amide bonds. The zero-order chi connectivity index (χ0) is 10.9. The molecule has 0 unspecified atom stereocenters. The Kier molecular flexibility index (Phi) is 2.98. The maximum absolute atomic E-state index is 5.34. The lowest BCUT2D eigenvalue weighted by Gasteiger charge is -2.26. The number of rotatable bonds is 1. The molecule has 84 valence electrons. The van der Waals surface area contributed by atoms with E-state index in [0.29, 0.717) is 0 Å². The number of morpholine rings is 1. The van der Waals surface area contributed by atoms with Crippen molar-refractivity contribution in [2.45, 2.75) is 26.2 Å². The summed E-state index contributed by atoms with van der Waals surface area (Å²) in [6.45, 7) is 10.3. The highest BCUT2D eigenvalue weighted by atomic mass is 32.1. The van der Waals surface area contributed by atoms with Crippen LogP contribution in [-0.4, -0.2) is 31.3 Å². The van der Waals surface area contributed by atoms with E-state index in [0.717, 1.165) is 26.3 Å². The van der Waals surface area contributed by atoms with E-state index >= 15 is 0 Å². The normalized spacial score (nSPS) is 18.2. The molecule has 0 aromatic carbocycles. The lowest BCUT2D eigenvalue weighted by Crippen LogP contribution is -2.35. The summed E-state index contributed by atoms with van der Waals surface area (Å²) in [5.74, 6) is 0. The Morgan fingerprint density at radius 3 is 2.53 bits per heavy atom. The quantitative estimate of drug-likeness (QED) is 0.734. The lowest BCUT2D eigenvalue weighted by atomic mass is 9.98. The van der Waals surface area contributed by atoms with Crippen molar-refractivity contribution >= 4 is 16.3 Å². The second kappa shape index (κ2) is 4.10. The molecule has 0 spiro atoms. The SMILES string of the molecule is CC(C)(C)c1ncc(N2CCOCC2)s1. The average molecular weight is 226 g/mol. The molecule has 1 saturated heterocycles. The number of hydrogen-bond acceptors (Lipinski definition) is 4. The van der Waals surface area contributed by atoms with Crippen LogP contribution in [0, 0.1) is 0 Å². The third kappa shape index (κ3) is 2.49. The Hall–Kier alpha value is -0.610. The van der Waals surface area contributed by atoms with Gasteiger partial charge in [0.25, 0.3) is 0 Å². The molecule has 0 N–H and O–H groups in total. The van der Waals surface area contributed by atoms with Gasteiger partial charge in [-0.15, -0.1) is 11.3 Å². The molecule has 0 saturated carbocycles. The number of nitrogens with zero attached hydrogens (tertiary/aromatic N) is 2. The van der Waals surface area contributed by atoms with Gasteiger partial charge in [0.15, 0.2) is 0 Å². The largest absolute Gasteiger partial charge is 0.378 e. The van der Waals surface area contributed by atoms with E-state index in [4.69, 9.17) is 4.74 Å². The number of anilines is 1. The maximum atomic E-state index is 5.34. The molecular weight excluding hydrogens is 208 g/mol. The van der Waals surface area contributed by atoms with Gasteiger partial charge in [0, 0.05) is 18.5 Å². The second-order valence-electron chi connectivity index (χ2n) is 4.85. The summed E-state index contributed by atoms with van der Waals surface area (Å²) in [5.41, 5.74) is 0.162. The average Bonchev–Trinajstić information content (AvgIpc) is 2.67. The monoisotopic (exact) mass is 226 g/mol. The number of hydrogen-bond donors (Lipinski definition) is 0. The van der Waals surface area contributed by atoms with Gasteiger partial charge in [-0.2, -0.15) is 0 Å². The fourth-order valence-corrected chi connectivity index (χ4v) is 2.57. The van der Waals surface area contributed by atoms with E-state index in [-0.39, 0.29) is 5.41 Å². The molecule has 3 nitrogen and oxygen atoms in total. The molecule has 1 aromatic heterocycles. The zero-order valence-electron chi connectivity index (χ0n) is 9.62. The Morgan fingerprint density at radius 2 is 2.00 bits per heavy atom. The third-order valence-electron chi connectivity index (χ3n) is 2.46. The van der Waals surface area contributed by atoms with Gasteiger partial charge in [0.05, 0.1) is 24.4 Å². The molecule has 0 aliphatic carbocycles. The van der Waals surface area contributed by atoms with Crippen LogP contribution >= 0.6 is 11.3 Å². The first-order valence-corrected chi connectivity index (χ1v) is 6.18. The van der Waals surface area contributed by atoms with Crippen molar-refractivity contribution in [1.82, 2.24) is 4.98 Å². The number of thiazole rings is 1. The standard InChI is InChI=1S/C11H18N2OS/c1-11(2,3)10-12-8-9(15-10)13-4-6-14-7-5-13/h8H,4-7H2,1-3H3. The maximum Gasteiger partial charge on any atom is 0.111 e. The van der Waals surface area contributed by atoms with Gasteiger partial charge in [-0.25, -0.2) is 4.98 Å². The van der Waals surface area contributed by atoms with Crippen molar-refractivity contribution < 1.29 is 4.74 Å². The summed E-state index contributed by atoms with van der Waals surface area (Å²) in [5, 5.41) is 2.49. The summed E-state index contributed by atoms with van der Waals surface area (Å²) < 4.78 is 5.34. The van der Waals surface area contributed by atoms with Crippen molar-refractivity contribution in [1.29, 1.82) is 0 Å². The molecule has 2 rings (SSSR count). The molecule has 1 aliphatic rings. The van der Waals surface area contributed by atoms with Crippen LogP contribution in [0.3, 0.4) is 0 Å². The summed E-state index contributed by atoms with van der Waals surface area (Å²) in [6.07, 6.45) is 2.00. The van der Waals surface area contributed by atoms with Crippen LogP contribution in [0.15, 0.2) is 6.20 Å². The highest BCUT2D eigenvalue weighted by molar-refractivity contribution is 7.15. The van der Waals surface area contributed by atoms with E-state index in [1.54, 1.807) is 11.3 Å². The van der Waals surface area contributed by atoms with E-state index < -0.39 is 0 Å². The van der Waals surface area contributed by atoms with E-state index in [1.807, 2.05) is 6.20 Å². The lowest BCUT2D eigenvalue weighted by molar-refractivity contribution is 0.123. The van der Waals surface area contributed by atoms with E-state index in [9.17, 15) is 0 Å². The molecular formula is C11H18N2OS. The summed E-state index contributed by atoms with van der Waals surface area (Å²) >= 11 is 1.81. The third-order valence-corrected chi connectivity index (χ3v) is 3.94. The summed E-state index contributed by atoms with van der Waals surface area (Å²) in [7, 11) is 0. The molecule has 4 heteroatoms. The minimum atomic E-state index is 0.162. The van der Waals surface area contributed by atoms with Crippen LogP contribution in [-0.2, 0) is 10.2 Å². The first-order valence-electron chi connectivity index (χ1n) is 5.36. The van der Waals surface area contributed by atoms with Crippen LogP contribution < -0.4 is 4.90 Å². The minimum Gasteiger partial charge on any atom is -0.378 e. The highest BCUT2D eigenvalue weighted by Gasteiger charge is 2.20. The van der Waals surface area contributed by atoms with Crippen LogP contribution in [0.2, 0.25) is 0 Å². The van der Waals surface area contributed by atoms with Gasteiger partial charge < -0.3 is 9.64 Å². The van der Waals surface area contributed by atoms with Crippen molar-refractivity contribution in [3.8, 4) is 0 Å². The second-order valence-corrected chi connectivity index (χ2v) is 5.86. The molecule has 0 radical (unpaired) electrons. The zero-order valence-corrected chi connectivity index (χ0v) is 10.4. The summed E-state index contributed by atoms with van der Waals surface area (Å²) in [4.78, 5) is 6.86. The van der Waals surface area contributed by atoms with Gasteiger partial charge in [0.2, 0.25) is 0 Å². The van der Waals surface area contributed by atoms with Crippen LogP contribution in [0.25, 0.3) is 0 Å². The fourth-order valence-electron chi connectivity index (χ4n) is 1.54. The molecule has 1 aliphatic heterocycles. The van der Waals surface area contributed by atoms with Gasteiger partial charge in [-0.3, -0.25) is 0 Å². The molecule has 0 atom stereocenters. The van der Waals surface area contributed by atoms with Gasteiger partial charge in [-0.05, 0) is 0 Å². The highest BCUT2D eigenvalue weighted by Crippen LogP contribution is 2.31. The Bertz CT molecular complexity index is 324. The molecule has 1 fully saturated rings. The van der Waals surface area contributed by atoms with Crippen LogP contribution in [0.1, 0.15) is 25.8 Å². The molecule has 1 aromatic rings. The minimum absolute atomic E-state index is 0.162. The van der Waals surface area contributed by atoms with Crippen molar-refractivity contribution in [3.63, 3.8) is 0 Å².